The second-order valence-electron chi connectivity index (χ2n) is 3.23. The van der Waals surface area contributed by atoms with Crippen LogP contribution in [-0.2, 0) is 14.8 Å². The Kier molecular flexibility index (Phi) is 3.69. The lowest BCUT2D eigenvalue weighted by atomic mass is 10.3. The van der Waals surface area contributed by atoms with Crippen molar-refractivity contribution in [1.29, 1.82) is 0 Å². The first-order valence-electron chi connectivity index (χ1n) is 4.75. The van der Waals surface area contributed by atoms with Crippen LogP contribution in [0.15, 0.2) is 32.5 Å². The summed E-state index contributed by atoms with van der Waals surface area (Å²) < 4.78 is 31.1. The molecule has 2 rings (SSSR count). The van der Waals surface area contributed by atoms with Crippen LogP contribution in [0.3, 0.4) is 0 Å². The largest absolute Gasteiger partial charge is 0.465 e. The van der Waals surface area contributed by atoms with Crippen molar-refractivity contribution in [2.24, 2.45) is 0 Å². The van der Waals surface area contributed by atoms with Crippen molar-refractivity contribution in [3.05, 3.63) is 33.8 Å². The van der Waals surface area contributed by atoms with E-state index in [9.17, 15) is 13.2 Å². The molecule has 0 atom stereocenters. The zero-order chi connectivity index (χ0) is 13.2. The highest BCUT2D eigenvalue weighted by Gasteiger charge is 2.20. The van der Waals surface area contributed by atoms with Gasteiger partial charge in [0.15, 0.2) is 0 Å². The van der Waals surface area contributed by atoms with Crippen molar-refractivity contribution in [3.63, 3.8) is 0 Å². The molecule has 0 amide bonds. The molecule has 0 unspecified atom stereocenters. The lowest BCUT2D eigenvalue weighted by Crippen LogP contribution is -2.13. The maximum absolute atomic E-state index is 12.0. The van der Waals surface area contributed by atoms with Crippen LogP contribution < -0.4 is 4.72 Å². The van der Waals surface area contributed by atoms with Crippen molar-refractivity contribution >= 4 is 44.4 Å². The average molecular weight is 303 g/mol. The fourth-order valence-electron chi connectivity index (χ4n) is 1.26. The highest BCUT2D eigenvalue weighted by Crippen LogP contribution is 2.26. The molecule has 2 heterocycles. The van der Waals surface area contributed by atoms with Gasteiger partial charge in [0.2, 0.25) is 0 Å². The Morgan fingerprint density at radius 2 is 2.17 bits per heavy atom. The highest BCUT2D eigenvalue weighted by molar-refractivity contribution is 7.94. The minimum Gasteiger partial charge on any atom is -0.465 e. The van der Waals surface area contributed by atoms with Gasteiger partial charge >= 0.3 is 5.97 Å². The third-order valence-electron chi connectivity index (χ3n) is 2.07. The minimum atomic E-state index is -3.64. The zero-order valence-corrected chi connectivity index (χ0v) is 11.7. The van der Waals surface area contributed by atoms with Gasteiger partial charge in [-0.25, -0.2) is 13.2 Å². The number of sulfonamides is 1. The van der Waals surface area contributed by atoms with Crippen LogP contribution in [0.5, 0.6) is 0 Å². The van der Waals surface area contributed by atoms with Gasteiger partial charge in [-0.05, 0) is 11.4 Å². The Morgan fingerprint density at radius 1 is 1.39 bits per heavy atom. The molecule has 96 valence electrons. The normalized spacial score (nSPS) is 11.2. The smallest absolute Gasteiger partial charge is 0.340 e. The van der Waals surface area contributed by atoms with Crippen LogP contribution in [-0.4, -0.2) is 21.5 Å². The Hall–Kier alpha value is -1.38. The molecule has 0 bridgehead atoms. The van der Waals surface area contributed by atoms with E-state index in [1.54, 1.807) is 16.8 Å². The molecule has 2 aromatic heterocycles. The van der Waals surface area contributed by atoms with Gasteiger partial charge in [0.1, 0.15) is 4.21 Å². The molecule has 18 heavy (non-hydrogen) atoms. The maximum Gasteiger partial charge on any atom is 0.340 e. The average Bonchev–Trinajstić information content (AvgIpc) is 2.97. The van der Waals surface area contributed by atoms with Gasteiger partial charge in [-0.15, -0.1) is 22.7 Å². The van der Waals surface area contributed by atoms with Crippen LogP contribution in [0, 0.1) is 0 Å². The molecule has 1 N–H and O–H groups in total. The van der Waals surface area contributed by atoms with Gasteiger partial charge in [0.05, 0.1) is 18.4 Å². The van der Waals surface area contributed by atoms with Crippen molar-refractivity contribution in [2.75, 3.05) is 11.8 Å². The standard InChI is InChI=1S/C10H9NO4S3/c1-15-10(12)7-5-16-6-8(7)11-18(13,14)9-3-2-4-17-9/h2-6,11H,1H3. The monoisotopic (exact) mass is 303 g/mol. The number of methoxy groups -OCH3 is 1. The summed E-state index contributed by atoms with van der Waals surface area (Å²) in [5.74, 6) is -0.569. The van der Waals surface area contributed by atoms with Crippen LogP contribution >= 0.6 is 22.7 Å². The molecule has 0 fully saturated rings. The Balaban J connectivity index is 2.31. The van der Waals surface area contributed by atoms with Gasteiger partial charge in [-0.2, -0.15) is 0 Å². The number of esters is 1. The van der Waals surface area contributed by atoms with Crippen molar-refractivity contribution in [3.8, 4) is 0 Å². The predicted octanol–water partition coefficient (Wildman–Crippen LogP) is 2.40. The summed E-state index contributed by atoms with van der Waals surface area (Å²) >= 11 is 2.33. The summed E-state index contributed by atoms with van der Waals surface area (Å²) in [7, 11) is -2.39. The molecule has 0 aromatic carbocycles. The van der Waals surface area contributed by atoms with Crippen LogP contribution in [0.2, 0.25) is 0 Å². The quantitative estimate of drug-likeness (QED) is 0.880. The van der Waals surface area contributed by atoms with Gasteiger partial charge in [-0.1, -0.05) is 6.07 Å². The number of carbonyl (C=O) groups is 1. The summed E-state index contributed by atoms with van der Waals surface area (Å²) in [5, 5.41) is 4.76. The van der Waals surface area contributed by atoms with E-state index in [2.05, 4.69) is 9.46 Å². The van der Waals surface area contributed by atoms with Crippen LogP contribution in [0.1, 0.15) is 10.4 Å². The molecule has 0 aliphatic carbocycles. The predicted molar refractivity (Wildman–Crippen MR) is 70.8 cm³/mol. The third-order valence-corrected chi connectivity index (χ3v) is 5.58. The lowest BCUT2D eigenvalue weighted by Gasteiger charge is -2.06. The highest BCUT2D eigenvalue weighted by atomic mass is 32.2. The first kappa shape index (κ1) is 13.1. The molecule has 0 aliphatic rings. The molecule has 0 saturated carbocycles. The van der Waals surface area contributed by atoms with Gasteiger partial charge in [0, 0.05) is 10.8 Å². The molecule has 2 aromatic rings. The number of carbonyl (C=O) groups excluding carboxylic acids is 1. The van der Waals surface area contributed by atoms with Crippen molar-refractivity contribution < 1.29 is 17.9 Å². The summed E-state index contributed by atoms with van der Waals surface area (Å²) in [5.41, 5.74) is 0.447. The number of thiophene rings is 2. The second kappa shape index (κ2) is 5.09. The Morgan fingerprint density at radius 3 is 2.78 bits per heavy atom. The molecule has 8 heteroatoms. The fraction of sp³-hybridized carbons (Fsp3) is 0.100. The van der Waals surface area contributed by atoms with Crippen LogP contribution in [0.4, 0.5) is 5.69 Å². The summed E-state index contributed by atoms with van der Waals surface area (Å²) in [6.45, 7) is 0. The van der Waals surface area contributed by atoms with Gasteiger partial charge < -0.3 is 4.74 Å². The minimum absolute atomic E-state index is 0.199. The van der Waals surface area contributed by atoms with E-state index in [0.29, 0.717) is 0 Å². The number of rotatable bonds is 4. The van der Waals surface area contributed by atoms with E-state index in [1.807, 2.05) is 0 Å². The molecule has 0 radical (unpaired) electrons. The molecular weight excluding hydrogens is 294 g/mol. The number of hydrogen-bond acceptors (Lipinski definition) is 6. The number of anilines is 1. The first-order valence-corrected chi connectivity index (χ1v) is 8.06. The summed E-state index contributed by atoms with van der Waals surface area (Å²) in [4.78, 5) is 11.4. The molecule has 0 saturated heterocycles. The molecule has 5 nitrogen and oxygen atoms in total. The Labute approximate surface area is 112 Å². The first-order chi connectivity index (χ1) is 8.54. The molecule has 0 aliphatic heterocycles. The molecular formula is C10H9NO4S3. The van der Waals surface area contributed by atoms with Crippen molar-refractivity contribution in [2.45, 2.75) is 4.21 Å². The maximum atomic E-state index is 12.0. The van der Waals surface area contributed by atoms with E-state index in [1.165, 1.54) is 29.9 Å². The SMILES string of the molecule is COC(=O)c1cscc1NS(=O)(=O)c1cccs1. The van der Waals surface area contributed by atoms with E-state index in [-0.39, 0.29) is 15.5 Å². The lowest BCUT2D eigenvalue weighted by molar-refractivity contribution is 0.0602. The van der Waals surface area contributed by atoms with E-state index >= 15 is 0 Å². The zero-order valence-electron chi connectivity index (χ0n) is 9.24. The topological polar surface area (TPSA) is 72.5 Å². The van der Waals surface area contributed by atoms with Crippen LogP contribution in [0.25, 0.3) is 0 Å². The number of nitrogens with one attached hydrogen (secondary N) is 1. The summed E-state index contributed by atoms with van der Waals surface area (Å²) in [6, 6.07) is 3.14. The fourth-order valence-corrected chi connectivity index (χ4v) is 4.14. The van der Waals surface area contributed by atoms with Gasteiger partial charge in [0.25, 0.3) is 10.0 Å². The number of hydrogen-bond donors (Lipinski definition) is 1. The van der Waals surface area contributed by atoms with E-state index in [0.717, 1.165) is 11.3 Å². The van der Waals surface area contributed by atoms with Crippen molar-refractivity contribution in [1.82, 2.24) is 0 Å². The summed E-state index contributed by atoms with van der Waals surface area (Å²) in [6.07, 6.45) is 0. The Bertz CT molecular complexity index is 642. The number of ether oxygens (including phenoxy) is 1. The van der Waals surface area contributed by atoms with E-state index in [4.69, 9.17) is 0 Å². The molecule has 0 spiro atoms. The van der Waals surface area contributed by atoms with Gasteiger partial charge in [-0.3, -0.25) is 4.72 Å². The van der Waals surface area contributed by atoms with E-state index < -0.39 is 16.0 Å². The second-order valence-corrected chi connectivity index (χ2v) is 6.83. The third kappa shape index (κ3) is 2.55.